The summed E-state index contributed by atoms with van der Waals surface area (Å²) in [6, 6.07) is 16.1. The van der Waals surface area contributed by atoms with E-state index < -0.39 is 6.04 Å². The summed E-state index contributed by atoms with van der Waals surface area (Å²) in [5.41, 5.74) is 6.55. The van der Waals surface area contributed by atoms with Gasteiger partial charge in [-0.3, -0.25) is 14.9 Å². The fraction of sp³-hybridized carbons (Fsp3) is 0.486. The molecule has 7 heteroatoms. The summed E-state index contributed by atoms with van der Waals surface area (Å²) in [6.07, 6.45) is 5.49. The molecule has 1 atom stereocenters. The van der Waals surface area contributed by atoms with E-state index >= 15 is 0 Å². The molecule has 2 fully saturated rings. The zero-order valence-electron chi connectivity index (χ0n) is 26.5. The van der Waals surface area contributed by atoms with E-state index in [0.717, 1.165) is 103 Å². The molecule has 3 aromatic carbocycles. The molecule has 4 aliphatic rings. The van der Waals surface area contributed by atoms with Gasteiger partial charge in [0.15, 0.2) is 5.78 Å². The van der Waals surface area contributed by atoms with Crippen LogP contribution in [0.2, 0.25) is 0 Å². The van der Waals surface area contributed by atoms with Crippen LogP contribution in [0, 0.1) is 27.4 Å². The van der Waals surface area contributed by atoms with Crippen LogP contribution in [0.4, 0.5) is 22.7 Å². The number of hydrogen-bond acceptors (Lipinski definition) is 6. The lowest BCUT2D eigenvalue weighted by Crippen LogP contribution is -2.37. The van der Waals surface area contributed by atoms with Gasteiger partial charge in [0, 0.05) is 66.7 Å². The van der Waals surface area contributed by atoms with Gasteiger partial charge in [-0.25, -0.2) is 0 Å². The number of benzene rings is 3. The molecule has 0 unspecified atom stereocenters. The first-order chi connectivity index (χ1) is 21.1. The third-order valence-electron chi connectivity index (χ3n) is 10.6. The second-order valence-electron chi connectivity index (χ2n) is 14.6. The van der Waals surface area contributed by atoms with Crippen LogP contribution >= 0.6 is 0 Å². The Labute approximate surface area is 260 Å². The van der Waals surface area contributed by atoms with Gasteiger partial charge < -0.3 is 15.1 Å². The molecule has 44 heavy (non-hydrogen) atoms. The van der Waals surface area contributed by atoms with Gasteiger partial charge in [0.05, 0.1) is 11.0 Å². The van der Waals surface area contributed by atoms with Crippen molar-refractivity contribution in [3.63, 3.8) is 0 Å². The van der Waals surface area contributed by atoms with Gasteiger partial charge in [-0.05, 0) is 77.8 Å². The Hall–Kier alpha value is -3.87. The standard InChI is InChI=1S/C37H44N4O3/c1-23-11-15-39(16-12-23)30-20-31(40-17-13-24(2)14-18-40)32(41(43)44)19-27(30)36-35-28(21-37(3,4)22-33(35)42)34-26-8-6-5-7-25(26)9-10-29(34)38-36/h5-10,19-20,23-24,36,38H,11-18,21-22H2,1-4H3/t36-/m0/s1. The Kier molecular flexibility index (Phi) is 7.18. The molecule has 7 rings (SSSR count). The molecule has 0 amide bonds. The highest BCUT2D eigenvalue weighted by atomic mass is 16.6. The minimum atomic E-state index is -0.453. The Morgan fingerprint density at radius 2 is 1.50 bits per heavy atom. The third-order valence-corrected chi connectivity index (χ3v) is 10.6. The first kappa shape index (κ1) is 28.9. The molecule has 2 saturated heterocycles. The van der Waals surface area contributed by atoms with Gasteiger partial charge >= 0.3 is 0 Å². The Morgan fingerprint density at radius 1 is 0.864 bits per heavy atom. The summed E-state index contributed by atoms with van der Waals surface area (Å²) < 4.78 is 0. The van der Waals surface area contributed by atoms with Gasteiger partial charge in [0.1, 0.15) is 5.69 Å². The number of carbonyl (C=O) groups is 1. The van der Waals surface area contributed by atoms with Crippen LogP contribution in [0.15, 0.2) is 54.1 Å². The van der Waals surface area contributed by atoms with E-state index in [1.807, 2.05) is 6.07 Å². The second kappa shape index (κ2) is 10.9. The number of nitro benzene ring substituents is 1. The van der Waals surface area contributed by atoms with E-state index in [9.17, 15) is 14.9 Å². The lowest BCUT2D eigenvalue weighted by atomic mass is 9.67. The van der Waals surface area contributed by atoms with Crippen molar-refractivity contribution in [3.8, 4) is 0 Å². The van der Waals surface area contributed by atoms with Crippen LogP contribution in [0.5, 0.6) is 0 Å². The van der Waals surface area contributed by atoms with E-state index in [1.165, 1.54) is 0 Å². The summed E-state index contributed by atoms with van der Waals surface area (Å²) in [6.45, 7) is 12.4. The summed E-state index contributed by atoms with van der Waals surface area (Å²) in [7, 11) is 0. The summed E-state index contributed by atoms with van der Waals surface area (Å²) in [5.74, 6) is 1.42. The van der Waals surface area contributed by atoms with Crippen LogP contribution in [0.1, 0.15) is 83.4 Å². The van der Waals surface area contributed by atoms with E-state index in [4.69, 9.17) is 0 Å². The van der Waals surface area contributed by atoms with Crippen molar-refractivity contribution in [2.75, 3.05) is 41.3 Å². The monoisotopic (exact) mass is 592 g/mol. The molecule has 3 aromatic rings. The minimum absolute atomic E-state index is 0.139. The van der Waals surface area contributed by atoms with Crippen molar-refractivity contribution in [2.24, 2.45) is 17.3 Å². The lowest BCUT2D eigenvalue weighted by molar-refractivity contribution is -0.384. The summed E-state index contributed by atoms with van der Waals surface area (Å²) >= 11 is 0. The first-order valence-corrected chi connectivity index (χ1v) is 16.5. The van der Waals surface area contributed by atoms with Crippen molar-refractivity contribution in [1.82, 2.24) is 0 Å². The SMILES string of the molecule is CC1CCN(c2cc(N3CCC(C)CC3)c([N+](=O)[O-])cc2[C@@H]2Nc3ccc4ccccc4c3C3=C2C(=O)CC(C)(C)C3)CC1. The molecule has 0 spiro atoms. The van der Waals surface area contributed by atoms with Crippen LogP contribution in [0.3, 0.4) is 0 Å². The van der Waals surface area contributed by atoms with E-state index in [1.54, 1.807) is 0 Å². The van der Waals surface area contributed by atoms with Crippen molar-refractivity contribution < 1.29 is 9.72 Å². The molecular formula is C37H44N4O3. The number of piperidine rings is 2. The largest absolute Gasteiger partial charge is 0.373 e. The Bertz CT molecular complexity index is 1680. The van der Waals surface area contributed by atoms with Crippen LogP contribution in [-0.4, -0.2) is 36.9 Å². The highest BCUT2D eigenvalue weighted by Gasteiger charge is 2.43. The number of nitrogens with zero attached hydrogens (tertiary/aromatic N) is 3. The number of nitrogens with one attached hydrogen (secondary N) is 1. The molecular weight excluding hydrogens is 548 g/mol. The maximum atomic E-state index is 14.2. The molecule has 1 N–H and O–H groups in total. The quantitative estimate of drug-likeness (QED) is 0.242. The topological polar surface area (TPSA) is 78.7 Å². The van der Waals surface area contributed by atoms with E-state index in [-0.39, 0.29) is 21.8 Å². The molecule has 1 aliphatic carbocycles. The number of anilines is 3. The summed E-state index contributed by atoms with van der Waals surface area (Å²) in [4.78, 5) is 31.4. The summed E-state index contributed by atoms with van der Waals surface area (Å²) in [5, 5.41) is 18.8. The predicted molar refractivity (Wildman–Crippen MR) is 180 cm³/mol. The predicted octanol–water partition coefficient (Wildman–Crippen LogP) is 8.53. The molecule has 0 saturated carbocycles. The number of nitro groups is 1. The number of hydrogen-bond donors (Lipinski definition) is 1. The number of allylic oxidation sites excluding steroid dienone is 1. The van der Waals surface area contributed by atoms with Crippen LogP contribution in [-0.2, 0) is 4.79 Å². The normalized spacial score (nSPS) is 22.5. The number of ketones is 1. The van der Waals surface area contributed by atoms with E-state index in [0.29, 0.717) is 23.9 Å². The number of rotatable bonds is 4. The van der Waals surface area contributed by atoms with Gasteiger partial charge in [-0.2, -0.15) is 0 Å². The highest BCUT2D eigenvalue weighted by molar-refractivity contribution is 6.13. The molecule has 0 aromatic heterocycles. The molecule has 7 nitrogen and oxygen atoms in total. The van der Waals surface area contributed by atoms with Crippen molar-refractivity contribution in [1.29, 1.82) is 0 Å². The molecule has 3 aliphatic heterocycles. The third kappa shape index (κ3) is 5.04. The van der Waals surface area contributed by atoms with Crippen LogP contribution in [0.25, 0.3) is 16.3 Å². The smallest absolute Gasteiger partial charge is 0.293 e. The van der Waals surface area contributed by atoms with E-state index in [2.05, 4.69) is 85.3 Å². The molecule has 3 heterocycles. The first-order valence-electron chi connectivity index (χ1n) is 16.5. The maximum Gasteiger partial charge on any atom is 0.293 e. The Balaban J connectivity index is 1.45. The van der Waals surface area contributed by atoms with Crippen LogP contribution < -0.4 is 15.1 Å². The fourth-order valence-electron chi connectivity index (χ4n) is 8.06. The van der Waals surface area contributed by atoms with Crippen molar-refractivity contribution in [2.45, 2.75) is 72.3 Å². The number of Topliss-reactive ketones (excluding diaryl/α,β-unsaturated/α-hetero) is 1. The lowest BCUT2D eigenvalue weighted by Gasteiger charge is -2.42. The van der Waals surface area contributed by atoms with Crippen molar-refractivity contribution in [3.05, 3.63) is 75.3 Å². The number of carbonyl (C=O) groups excluding carboxylic acids is 1. The minimum Gasteiger partial charge on any atom is -0.373 e. The second-order valence-corrected chi connectivity index (χ2v) is 14.6. The zero-order chi connectivity index (χ0) is 30.7. The average Bonchev–Trinajstić information content (AvgIpc) is 3.00. The molecule has 230 valence electrons. The average molecular weight is 593 g/mol. The molecule has 0 bridgehead atoms. The van der Waals surface area contributed by atoms with Gasteiger partial charge in [-0.1, -0.05) is 58.0 Å². The van der Waals surface area contributed by atoms with Gasteiger partial charge in [-0.15, -0.1) is 0 Å². The molecule has 0 radical (unpaired) electrons. The Morgan fingerprint density at radius 3 is 2.16 bits per heavy atom. The van der Waals surface area contributed by atoms with Crippen molar-refractivity contribution >= 4 is 44.9 Å². The number of fused-ring (bicyclic) bond motifs is 4. The maximum absolute atomic E-state index is 14.2. The van der Waals surface area contributed by atoms with Gasteiger partial charge in [0.25, 0.3) is 5.69 Å². The fourth-order valence-corrected chi connectivity index (χ4v) is 8.06. The van der Waals surface area contributed by atoms with Gasteiger partial charge in [0.2, 0.25) is 0 Å². The zero-order valence-corrected chi connectivity index (χ0v) is 26.5. The highest BCUT2D eigenvalue weighted by Crippen LogP contribution is 2.54.